The summed E-state index contributed by atoms with van der Waals surface area (Å²) in [6.07, 6.45) is 3.23. The topological polar surface area (TPSA) is 50.6 Å². The van der Waals surface area contributed by atoms with Gasteiger partial charge in [-0.15, -0.1) is 12.4 Å². The van der Waals surface area contributed by atoms with Crippen molar-refractivity contribution in [1.29, 1.82) is 0 Å². The van der Waals surface area contributed by atoms with Gasteiger partial charge in [0.1, 0.15) is 12.1 Å². The predicted octanol–water partition coefficient (Wildman–Crippen LogP) is 4.86. The van der Waals surface area contributed by atoms with Gasteiger partial charge in [-0.25, -0.2) is 15.0 Å². The molecule has 124 valence electrons. The first-order valence-electron chi connectivity index (χ1n) is 7.06. The molecule has 24 heavy (non-hydrogen) atoms. The molecule has 0 aliphatic carbocycles. The lowest BCUT2D eigenvalue weighted by Crippen LogP contribution is -2.11. The zero-order valence-electron chi connectivity index (χ0n) is 13.2. The van der Waals surface area contributed by atoms with E-state index in [4.69, 9.17) is 16.3 Å². The third-order valence-corrected chi connectivity index (χ3v) is 3.56. The lowest BCUT2D eigenvalue weighted by Gasteiger charge is -2.19. The van der Waals surface area contributed by atoms with Crippen LogP contribution in [0.4, 0.5) is 11.5 Å². The van der Waals surface area contributed by atoms with Gasteiger partial charge in [-0.2, -0.15) is 5.10 Å². The Morgan fingerprint density at radius 3 is 2.54 bits per heavy atom. The molecule has 1 heterocycles. The zero-order chi connectivity index (χ0) is 16.2. The molecule has 0 unspecified atom stereocenters. The van der Waals surface area contributed by atoms with E-state index < -0.39 is 0 Å². The van der Waals surface area contributed by atoms with Crippen LogP contribution in [0.1, 0.15) is 6.92 Å². The van der Waals surface area contributed by atoms with Crippen LogP contribution in [0, 0.1) is 0 Å². The second-order valence-corrected chi connectivity index (χ2v) is 5.18. The lowest BCUT2D eigenvalue weighted by molar-refractivity contribution is 0.415. The van der Waals surface area contributed by atoms with Crippen LogP contribution in [0.5, 0.6) is 5.75 Å². The molecule has 0 bridgehead atoms. The van der Waals surface area contributed by atoms with Crippen LogP contribution in [0.15, 0.2) is 53.9 Å². The van der Waals surface area contributed by atoms with Gasteiger partial charge < -0.3 is 4.74 Å². The minimum atomic E-state index is 0. The molecule has 0 fully saturated rings. The van der Waals surface area contributed by atoms with Crippen LogP contribution >= 0.6 is 24.0 Å². The number of nitrogens with zero attached hydrogens (tertiary/aromatic N) is 4. The molecular formula is C17H16Cl2N4O. The number of ether oxygens (including phenoxy) is 1. The van der Waals surface area contributed by atoms with Crippen LogP contribution in [0.2, 0.25) is 5.02 Å². The molecule has 0 amide bonds. The van der Waals surface area contributed by atoms with E-state index in [1.54, 1.807) is 18.3 Å². The Morgan fingerprint density at radius 2 is 1.88 bits per heavy atom. The van der Waals surface area contributed by atoms with Crippen LogP contribution in [0.25, 0.3) is 10.9 Å². The summed E-state index contributed by atoms with van der Waals surface area (Å²) in [6.45, 7) is 1.86. The van der Waals surface area contributed by atoms with Gasteiger partial charge in [0.15, 0.2) is 5.82 Å². The van der Waals surface area contributed by atoms with Crippen LogP contribution < -0.4 is 9.75 Å². The van der Waals surface area contributed by atoms with E-state index in [-0.39, 0.29) is 12.4 Å². The van der Waals surface area contributed by atoms with Crippen molar-refractivity contribution in [3.8, 4) is 5.75 Å². The summed E-state index contributed by atoms with van der Waals surface area (Å²) in [5.41, 5.74) is 1.64. The Morgan fingerprint density at radius 1 is 1.12 bits per heavy atom. The molecular weight excluding hydrogens is 347 g/mol. The molecule has 0 spiro atoms. The number of methoxy groups -OCH3 is 1. The largest absolute Gasteiger partial charge is 0.497 e. The van der Waals surface area contributed by atoms with Crippen molar-refractivity contribution in [2.75, 3.05) is 12.1 Å². The van der Waals surface area contributed by atoms with E-state index in [0.717, 1.165) is 22.3 Å². The average Bonchev–Trinajstić information content (AvgIpc) is 2.59. The Labute approximate surface area is 151 Å². The van der Waals surface area contributed by atoms with E-state index in [1.165, 1.54) is 6.33 Å². The average molecular weight is 363 g/mol. The first kappa shape index (κ1) is 18.0. The van der Waals surface area contributed by atoms with Gasteiger partial charge >= 0.3 is 0 Å². The molecule has 0 aliphatic heterocycles. The minimum absolute atomic E-state index is 0. The number of aromatic nitrogens is 2. The van der Waals surface area contributed by atoms with E-state index >= 15 is 0 Å². The number of hydrogen-bond donors (Lipinski definition) is 0. The zero-order valence-corrected chi connectivity index (χ0v) is 14.8. The standard InChI is InChI=1S/C17H15ClN4O.ClH/c1-3-21-22(13-5-7-14(23-2)8-6-13)17-15-9-4-12(18)10-16(15)19-11-20-17;/h3-11H,1-2H3;1H. The molecule has 0 aliphatic rings. The highest BCUT2D eigenvalue weighted by Crippen LogP contribution is 2.31. The van der Waals surface area contributed by atoms with Gasteiger partial charge in [-0.3, -0.25) is 0 Å². The van der Waals surface area contributed by atoms with Crippen molar-refractivity contribution >= 4 is 52.6 Å². The molecule has 0 saturated heterocycles. The number of benzene rings is 2. The Balaban J connectivity index is 0.00000208. The Kier molecular flexibility index (Phi) is 5.95. The summed E-state index contributed by atoms with van der Waals surface area (Å²) < 4.78 is 5.20. The number of halogens is 2. The molecule has 0 radical (unpaired) electrons. The van der Waals surface area contributed by atoms with Crippen molar-refractivity contribution < 1.29 is 4.74 Å². The highest BCUT2D eigenvalue weighted by atomic mass is 35.5. The maximum atomic E-state index is 6.04. The Hall–Kier alpha value is -2.37. The summed E-state index contributed by atoms with van der Waals surface area (Å²) in [7, 11) is 1.64. The number of hydrogen-bond acceptors (Lipinski definition) is 5. The quantitative estimate of drug-likeness (QED) is 0.491. The highest BCUT2D eigenvalue weighted by Gasteiger charge is 2.14. The van der Waals surface area contributed by atoms with Crippen molar-refractivity contribution in [2.45, 2.75) is 6.92 Å². The van der Waals surface area contributed by atoms with Crippen LogP contribution in [-0.2, 0) is 0 Å². The van der Waals surface area contributed by atoms with E-state index in [2.05, 4.69) is 15.1 Å². The van der Waals surface area contributed by atoms with Gasteiger partial charge in [-0.1, -0.05) is 11.6 Å². The van der Waals surface area contributed by atoms with Crippen molar-refractivity contribution in [1.82, 2.24) is 9.97 Å². The molecule has 3 aromatic rings. The molecule has 2 aromatic carbocycles. The Bertz CT molecular complexity index is 853. The molecule has 3 rings (SSSR count). The number of rotatable bonds is 4. The second-order valence-electron chi connectivity index (χ2n) is 4.74. The van der Waals surface area contributed by atoms with E-state index in [1.807, 2.05) is 49.4 Å². The predicted molar refractivity (Wildman–Crippen MR) is 101 cm³/mol. The smallest absolute Gasteiger partial charge is 0.165 e. The number of hydrazone groups is 1. The lowest BCUT2D eigenvalue weighted by atomic mass is 10.2. The molecule has 0 N–H and O–H groups in total. The van der Waals surface area contributed by atoms with Gasteiger partial charge in [-0.05, 0) is 49.4 Å². The van der Waals surface area contributed by atoms with E-state index in [9.17, 15) is 0 Å². The summed E-state index contributed by atoms with van der Waals surface area (Å²) in [5, 5.41) is 7.71. The molecule has 7 heteroatoms. The van der Waals surface area contributed by atoms with Gasteiger partial charge in [0.2, 0.25) is 0 Å². The SMILES string of the molecule is CC=NN(c1ccc(OC)cc1)c1ncnc2cc(Cl)ccc12.Cl. The van der Waals surface area contributed by atoms with Gasteiger partial charge in [0.25, 0.3) is 0 Å². The first-order chi connectivity index (χ1) is 11.2. The molecule has 5 nitrogen and oxygen atoms in total. The minimum Gasteiger partial charge on any atom is -0.497 e. The molecule has 0 saturated carbocycles. The molecule has 0 atom stereocenters. The third-order valence-electron chi connectivity index (χ3n) is 3.33. The summed E-state index contributed by atoms with van der Waals surface area (Å²) in [5.74, 6) is 1.48. The van der Waals surface area contributed by atoms with E-state index in [0.29, 0.717) is 10.8 Å². The number of anilines is 2. The van der Waals surface area contributed by atoms with Crippen molar-refractivity contribution in [3.05, 3.63) is 53.8 Å². The van der Waals surface area contributed by atoms with Gasteiger partial charge in [0.05, 0.1) is 18.3 Å². The first-order valence-corrected chi connectivity index (χ1v) is 7.44. The fraction of sp³-hybridized carbons (Fsp3) is 0.118. The fourth-order valence-electron chi connectivity index (χ4n) is 2.27. The molecule has 1 aromatic heterocycles. The monoisotopic (exact) mass is 362 g/mol. The van der Waals surface area contributed by atoms with Gasteiger partial charge in [0, 0.05) is 16.6 Å². The van der Waals surface area contributed by atoms with Crippen molar-refractivity contribution in [3.63, 3.8) is 0 Å². The van der Waals surface area contributed by atoms with Crippen LogP contribution in [0.3, 0.4) is 0 Å². The second kappa shape index (κ2) is 7.95. The normalized spacial score (nSPS) is 10.6. The number of fused-ring (bicyclic) bond motifs is 1. The summed E-state index contributed by atoms with van der Waals surface area (Å²) in [4.78, 5) is 8.67. The fourth-order valence-corrected chi connectivity index (χ4v) is 2.43. The maximum Gasteiger partial charge on any atom is 0.165 e. The van der Waals surface area contributed by atoms with Crippen LogP contribution in [-0.4, -0.2) is 23.3 Å². The summed E-state index contributed by atoms with van der Waals surface area (Å²) in [6, 6.07) is 13.1. The third kappa shape index (κ3) is 3.58. The van der Waals surface area contributed by atoms with Crippen molar-refractivity contribution in [2.24, 2.45) is 5.10 Å². The summed E-state index contributed by atoms with van der Waals surface area (Å²) >= 11 is 6.04. The maximum absolute atomic E-state index is 6.04. The highest BCUT2D eigenvalue weighted by molar-refractivity contribution is 6.31.